The minimum Gasteiger partial charge on any atom is -0.450 e. The molecular formula is C17H26N2O3. The Morgan fingerprint density at radius 1 is 1.45 bits per heavy atom. The summed E-state index contributed by atoms with van der Waals surface area (Å²) in [6.45, 7) is 6.50. The predicted octanol–water partition coefficient (Wildman–Crippen LogP) is 2.24. The van der Waals surface area contributed by atoms with E-state index in [1.165, 1.54) is 5.56 Å². The van der Waals surface area contributed by atoms with Crippen LogP contribution in [0.5, 0.6) is 0 Å². The van der Waals surface area contributed by atoms with Crippen LogP contribution in [0.1, 0.15) is 37.0 Å². The molecule has 0 aromatic heterocycles. The lowest BCUT2D eigenvalue weighted by molar-refractivity contribution is 0.0878. The standard InChI is InChI=1S/C17H26N2O3/c1-3-22-17(21)18-15-5-4-10-19(11-15)12-16(20)14-8-6-13(2)7-9-14/h6-9,15-16,20H,3-5,10-12H2,1-2H3,(H,18,21). The summed E-state index contributed by atoms with van der Waals surface area (Å²) >= 11 is 0. The Labute approximate surface area is 132 Å². The number of hydrogen-bond acceptors (Lipinski definition) is 4. The van der Waals surface area contributed by atoms with Crippen LogP contribution < -0.4 is 5.32 Å². The zero-order valence-electron chi connectivity index (χ0n) is 13.4. The third-order valence-corrected chi connectivity index (χ3v) is 4.00. The molecule has 1 aliphatic rings. The zero-order chi connectivity index (χ0) is 15.9. The van der Waals surface area contributed by atoms with E-state index in [0.717, 1.165) is 31.5 Å². The fraction of sp³-hybridized carbons (Fsp3) is 0.588. The van der Waals surface area contributed by atoms with E-state index in [9.17, 15) is 9.90 Å². The van der Waals surface area contributed by atoms with Gasteiger partial charge in [-0.2, -0.15) is 0 Å². The van der Waals surface area contributed by atoms with Crippen molar-refractivity contribution >= 4 is 6.09 Å². The van der Waals surface area contributed by atoms with Crippen LogP contribution in [0.4, 0.5) is 4.79 Å². The number of β-amino-alcohol motifs (C(OH)–C–C–N with tert-alkyl or cyclic N) is 1. The van der Waals surface area contributed by atoms with Gasteiger partial charge in [-0.05, 0) is 38.8 Å². The summed E-state index contributed by atoms with van der Waals surface area (Å²) < 4.78 is 4.92. The van der Waals surface area contributed by atoms with Crippen LogP contribution in [0.3, 0.4) is 0 Å². The second-order valence-electron chi connectivity index (χ2n) is 5.89. The van der Waals surface area contributed by atoms with Gasteiger partial charge in [-0.1, -0.05) is 29.8 Å². The largest absolute Gasteiger partial charge is 0.450 e. The summed E-state index contributed by atoms with van der Waals surface area (Å²) in [6.07, 6.45) is 1.11. The lowest BCUT2D eigenvalue weighted by atomic mass is 10.0. The Morgan fingerprint density at radius 3 is 2.86 bits per heavy atom. The van der Waals surface area contributed by atoms with E-state index < -0.39 is 6.10 Å². The van der Waals surface area contributed by atoms with E-state index in [2.05, 4.69) is 10.2 Å². The highest BCUT2D eigenvalue weighted by atomic mass is 16.5. The summed E-state index contributed by atoms with van der Waals surface area (Å²) in [5.41, 5.74) is 2.12. The highest BCUT2D eigenvalue weighted by Crippen LogP contribution is 2.18. The average molecular weight is 306 g/mol. The summed E-state index contributed by atoms with van der Waals surface area (Å²) in [5.74, 6) is 0. The monoisotopic (exact) mass is 306 g/mol. The molecule has 122 valence electrons. The van der Waals surface area contributed by atoms with Crippen LogP contribution in [0.2, 0.25) is 0 Å². The number of aliphatic hydroxyl groups excluding tert-OH is 1. The second kappa shape index (κ2) is 8.15. The SMILES string of the molecule is CCOC(=O)NC1CCCN(CC(O)c2ccc(C)cc2)C1. The first-order valence-corrected chi connectivity index (χ1v) is 7.98. The molecule has 22 heavy (non-hydrogen) atoms. The van der Waals surface area contributed by atoms with Gasteiger partial charge in [0.2, 0.25) is 0 Å². The van der Waals surface area contributed by atoms with Gasteiger partial charge in [-0.3, -0.25) is 4.90 Å². The highest BCUT2D eigenvalue weighted by Gasteiger charge is 2.23. The zero-order valence-corrected chi connectivity index (χ0v) is 13.4. The van der Waals surface area contributed by atoms with Crippen LogP contribution in [-0.2, 0) is 4.74 Å². The fourth-order valence-electron chi connectivity index (χ4n) is 2.82. The molecule has 5 heteroatoms. The number of likely N-dealkylation sites (tertiary alicyclic amines) is 1. The van der Waals surface area contributed by atoms with Crippen molar-refractivity contribution in [1.82, 2.24) is 10.2 Å². The Morgan fingerprint density at radius 2 is 2.18 bits per heavy atom. The fourth-order valence-corrected chi connectivity index (χ4v) is 2.82. The maximum atomic E-state index is 11.5. The number of alkyl carbamates (subject to hydrolysis) is 1. The van der Waals surface area contributed by atoms with Gasteiger partial charge in [0.05, 0.1) is 12.7 Å². The third-order valence-electron chi connectivity index (χ3n) is 4.00. The lowest BCUT2D eigenvalue weighted by Crippen LogP contribution is -2.48. The number of rotatable bonds is 5. The molecule has 1 heterocycles. The summed E-state index contributed by atoms with van der Waals surface area (Å²) in [4.78, 5) is 13.7. The molecule has 1 amide bonds. The molecule has 1 aliphatic heterocycles. The van der Waals surface area contributed by atoms with E-state index >= 15 is 0 Å². The van der Waals surface area contributed by atoms with Crippen molar-refractivity contribution in [2.24, 2.45) is 0 Å². The van der Waals surface area contributed by atoms with E-state index in [1.807, 2.05) is 31.2 Å². The molecule has 1 fully saturated rings. The molecule has 0 bridgehead atoms. The number of nitrogens with one attached hydrogen (secondary N) is 1. The number of piperidine rings is 1. The van der Waals surface area contributed by atoms with Gasteiger partial charge in [0.1, 0.15) is 0 Å². The minimum absolute atomic E-state index is 0.0954. The molecule has 0 radical (unpaired) electrons. The molecule has 0 aliphatic carbocycles. The Hall–Kier alpha value is -1.59. The molecule has 1 aromatic carbocycles. The van der Waals surface area contributed by atoms with Crippen molar-refractivity contribution in [1.29, 1.82) is 0 Å². The van der Waals surface area contributed by atoms with Crippen LogP contribution in [0, 0.1) is 6.92 Å². The van der Waals surface area contributed by atoms with Crippen LogP contribution in [0.15, 0.2) is 24.3 Å². The number of amides is 1. The summed E-state index contributed by atoms with van der Waals surface area (Å²) in [5, 5.41) is 13.2. The van der Waals surface area contributed by atoms with Crippen molar-refractivity contribution < 1.29 is 14.6 Å². The third kappa shape index (κ3) is 5.00. The molecule has 2 atom stereocenters. The van der Waals surface area contributed by atoms with Gasteiger partial charge in [0.25, 0.3) is 0 Å². The Balaban J connectivity index is 1.84. The van der Waals surface area contributed by atoms with Crippen molar-refractivity contribution in [3.05, 3.63) is 35.4 Å². The number of carbonyl (C=O) groups excluding carboxylic acids is 1. The smallest absolute Gasteiger partial charge is 0.407 e. The number of hydrogen-bond donors (Lipinski definition) is 2. The number of ether oxygens (including phenoxy) is 1. The second-order valence-corrected chi connectivity index (χ2v) is 5.89. The number of benzene rings is 1. The predicted molar refractivity (Wildman–Crippen MR) is 85.8 cm³/mol. The first-order chi connectivity index (χ1) is 10.6. The van der Waals surface area contributed by atoms with E-state index in [-0.39, 0.29) is 12.1 Å². The Kier molecular flexibility index (Phi) is 6.21. The first kappa shape index (κ1) is 16.8. The van der Waals surface area contributed by atoms with Crippen molar-refractivity contribution in [3.63, 3.8) is 0 Å². The quantitative estimate of drug-likeness (QED) is 0.876. The Bertz CT molecular complexity index is 475. The lowest BCUT2D eigenvalue weighted by Gasteiger charge is -2.34. The van der Waals surface area contributed by atoms with Gasteiger partial charge < -0.3 is 15.2 Å². The maximum absolute atomic E-state index is 11.5. The molecule has 2 rings (SSSR count). The van der Waals surface area contributed by atoms with Crippen LogP contribution in [0.25, 0.3) is 0 Å². The molecule has 0 saturated carbocycles. The number of aryl methyl sites for hydroxylation is 1. The highest BCUT2D eigenvalue weighted by molar-refractivity contribution is 5.67. The summed E-state index contributed by atoms with van der Waals surface area (Å²) in [7, 11) is 0. The molecule has 2 unspecified atom stereocenters. The van der Waals surface area contributed by atoms with Crippen molar-refractivity contribution in [3.8, 4) is 0 Å². The van der Waals surface area contributed by atoms with Crippen LogP contribution >= 0.6 is 0 Å². The molecular weight excluding hydrogens is 280 g/mol. The van der Waals surface area contributed by atoms with Gasteiger partial charge >= 0.3 is 6.09 Å². The normalized spacial score (nSPS) is 20.4. The topological polar surface area (TPSA) is 61.8 Å². The molecule has 0 spiro atoms. The molecule has 2 N–H and O–H groups in total. The maximum Gasteiger partial charge on any atom is 0.407 e. The van der Waals surface area contributed by atoms with E-state index in [0.29, 0.717) is 13.2 Å². The van der Waals surface area contributed by atoms with E-state index in [4.69, 9.17) is 4.74 Å². The molecule has 5 nitrogen and oxygen atoms in total. The number of carbonyl (C=O) groups is 1. The number of nitrogens with zero attached hydrogens (tertiary/aromatic N) is 1. The minimum atomic E-state index is -0.498. The first-order valence-electron chi connectivity index (χ1n) is 7.98. The average Bonchev–Trinajstić information content (AvgIpc) is 2.48. The van der Waals surface area contributed by atoms with Gasteiger partial charge in [-0.25, -0.2) is 4.79 Å². The summed E-state index contributed by atoms with van der Waals surface area (Å²) in [6, 6.07) is 8.06. The molecule has 1 aromatic rings. The van der Waals surface area contributed by atoms with Crippen molar-refractivity contribution in [2.75, 3.05) is 26.2 Å². The number of aliphatic hydroxyl groups is 1. The molecule has 1 saturated heterocycles. The van der Waals surface area contributed by atoms with Gasteiger partial charge in [0.15, 0.2) is 0 Å². The van der Waals surface area contributed by atoms with Crippen molar-refractivity contribution in [2.45, 2.75) is 38.8 Å². The van der Waals surface area contributed by atoms with E-state index in [1.54, 1.807) is 6.92 Å². The van der Waals surface area contributed by atoms with Crippen LogP contribution in [-0.4, -0.2) is 48.4 Å². The van der Waals surface area contributed by atoms with Gasteiger partial charge in [0, 0.05) is 19.1 Å². The van der Waals surface area contributed by atoms with Gasteiger partial charge in [-0.15, -0.1) is 0 Å².